The summed E-state index contributed by atoms with van der Waals surface area (Å²) in [6.07, 6.45) is 7.35. The Morgan fingerprint density at radius 3 is 2.73 bits per heavy atom. The Balaban J connectivity index is 1.67. The Hall–Kier alpha value is -2.87. The van der Waals surface area contributed by atoms with Gasteiger partial charge in [-0.1, -0.05) is 37.0 Å². The summed E-state index contributed by atoms with van der Waals surface area (Å²) in [6.45, 7) is 4.50. The van der Waals surface area contributed by atoms with E-state index in [0.29, 0.717) is 30.9 Å². The van der Waals surface area contributed by atoms with Gasteiger partial charge in [0.25, 0.3) is 0 Å². The van der Waals surface area contributed by atoms with Crippen molar-refractivity contribution in [3.8, 4) is 5.75 Å². The van der Waals surface area contributed by atoms with E-state index in [4.69, 9.17) is 4.98 Å². The van der Waals surface area contributed by atoms with E-state index in [-0.39, 0.29) is 5.75 Å². The maximum atomic E-state index is 10.2. The molecule has 2 heterocycles. The minimum atomic E-state index is -0.506. The molecule has 4 N–H and O–H groups in total. The summed E-state index contributed by atoms with van der Waals surface area (Å²) in [5.74, 6) is 1.32. The normalized spacial score (nSPS) is 16.0. The van der Waals surface area contributed by atoms with Gasteiger partial charge in [0.05, 0.1) is 12.4 Å². The Morgan fingerprint density at radius 2 is 1.97 bits per heavy atom. The number of phenols is 1. The Morgan fingerprint density at radius 1 is 1.17 bits per heavy atom. The number of aryl methyl sites for hydroxylation is 1. The first-order valence-electron chi connectivity index (χ1n) is 10.7. The number of hydrogen-bond donors (Lipinski definition) is 4. The van der Waals surface area contributed by atoms with Gasteiger partial charge in [-0.15, -0.1) is 0 Å². The number of fused-ring (bicyclic) bond motifs is 1. The van der Waals surface area contributed by atoms with Crippen molar-refractivity contribution in [2.75, 3.05) is 17.2 Å². The summed E-state index contributed by atoms with van der Waals surface area (Å²) < 4.78 is 2.17. The molecule has 2 aromatic heterocycles. The molecule has 30 heavy (non-hydrogen) atoms. The zero-order chi connectivity index (χ0) is 21.1. The van der Waals surface area contributed by atoms with Gasteiger partial charge in [-0.25, -0.2) is 4.98 Å². The standard InChI is InChI=1S/C22H30N6O2/c1-14-8-9-18(30)16(10-14)12-23-20-19-21(27-22(26-20)24-11-15(2)29)28(13-25-19)17-6-4-3-5-7-17/h8-10,13,15,17,29-30H,3-7,11-12H2,1-2H3,(H2,23,24,26,27). The van der Waals surface area contributed by atoms with Crippen LogP contribution in [0.4, 0.5) is 11.8 Å². The molecule has 0 bridgehead atoms. The summed E-state index contributed by atoms with van der Waals surface area (Å²) in [5.41, 5.74) is 3.39. The highest BCUT2D eigenvalue weighted by atomic mass is 16.3. The largest absolute Gasteiger partial charge is 0.508 e. The van der Waals surface area contributed by atoms with Gasteiger partial charge < -0.3 is 25.4 Å². The molecule has 1 saturated carbocycles. The first kappa shape index (κ1) is 20.4. The fraction of sp³-hybridized carbons (Fsp3) is 0.500. The van der Waals surface area contributed by atoms with E-state index in [0.717, 1.165) is 35.1 Å². The van der Waals surface area contributed by atoms with Gasteiger partial charge in [0.15, 0.2) is 17.0 Å². The van der Waals surface area contributed by atoms with Crippen molar-refractivity contribution in [2.24, 2.45) is 0 Å². The molecule has 3 aromatic rings. The van der Waals surface area contributed by atoms with Crippen LogP contribution in [0.1, 0.15) is 56.2 Å². The molecule has 1 aromatic carbocycles. The van der Waals surface area contributed by atoms with Gasteiger partial charge in [0, 0.05) is 24.7 Å². The van der Waals surface area contributed by atoms with Gasteiger partial charge in [-0.3, -0.25) is 0 Å². The number of imidazole rings is 1. The van der Waals surface area contributed by atoms with E-state index < -0.39 is 6.10 Å². The summed E-state index contributed by atoms with van der Waals surface area (Å²) >= 11 is 0. The van der Waals surface area contributed by atoms with Crippen LogP contribution in [-0.2, 0) is 6.54 Å². The van der Waals surface area contributed by atoms with Crippen molar-refractivity contribution in [1.29, 1.82) is 0 Å². The Labute approximate surface area is 176 Å². The maximum Gasteiger partial charge on any atom is 0.226 e. The maximum absolute atomic E-state index is 10.2. The third kappa shape index (κ3) is 4.48. The van der Waals surface area contributed by atoms with Crippen LogP contribution in [0.2, 0.25) is 0 Å². The van der Waals surface area contributed by atoms with Crippen molar-refractivity contribution in [3.63, 3.8) is 0 Å². The van der Waals surface area contributed by atoms with E-state index in [1.165, 1.54) is 19.3 Å². The van der Waals surface area contributed by atoms with Crippen LogP contribution in [-0.4, -0.2) is 42.4 Å². The highest BCUT2D eigenvalue weighted by Gasteiger charge is 2.21. The smallest absolute Gasteiger partial charge is 0.226 e. The summed E-state index contributed by atoms with van der Waals surface area (Å²) in [6, 6.07) is 5.94. The molecule has 0 radical (unpaired) electrons. The monoisotopic (exact) mass is 410 g/mol. The zero-order valence-electron chi connectivity index (χ0n) is 17.6. The molecule has 1 atom stereocenters. The van der Waals surface area contributed by atoms with E-state index in [9.17, 15) is 10.2 Å². The Kier molecular flexibility index (Phi) is 6.03. The Bertz CT molecular complexity index is 1010. The molecule has 8 heteroatoms. The molecule has 8 nitrogen and oxygen atoms in total. The van der Waals surface area contributed by atoms with E-state index in [1.54, 1.807) is 13.0 Å². The van der Waals surface area contributed by atoms with Gasteiger partial charge in [0.1, 0.15) is 5.75 Å². The van der Waals surface area contributed by atoms with Crippen LogP contribution in [0, 0.1) is 6.92 Å². The highest BCUT2D eigenvalue weighted by molar-refractivity contribution is 5.84. The third-order valence-corrected chi connectivity index (χ3v) is 5.63. The van der Waals surface area contributed by atoms with E-state index in [2.05, 4.69) is 25.2 Å². The molecular formula is C22H30N6O2. The molecule has 0 saturated heterocycles. The van der Waals surface area contributed by atoms with Crippen molar-refractivity contribution in [2.45, 2.75) is 64.6 Å². The predicted octanol–water partition coefficient (Wildman–Crippen LogP) is 3.75. The lowest BCUT2D eigenvalue weighted by Crippen LogP contribution is -2.18. The molecule has 160 valence electrons. The topological polar surface area (TPSA) is 108 Å². The van der Waals surface area contributed by atoms with Crippen LogP contribution >= 0.6 is 0 Å². The van der Waals surface area contributed by atoms with E-state index >= 15 is 0 Å². The number of aliphatic hydroxyl groups excluding tert-OH is 1. The van der Waals surface area contributed by atoms with Crippen LogP contribution in [0.3, 0.4) is 0 Å². The number of anilines is 2. The average molecular weight is 411 g/mol. The predicted molar refractivity (Wildman–Crippen MR) is 118 cm³/mol. The van der Waals surface area contributed by atoms with Gasteiger partial charge >= 0.3 is 0 Å². The van der Waals surface area contributed by atoms with Crippen molar-refractivity contribution >= 4 is 22.9 Å². The number of hydrogen-bond acceptors (Lipinski definition) is 7. The molecule has 0 amide bonds. The summed E-state index contributed by atoms with van der Waals surface area (Å²) in [5, 5.41) is 26.3. The van der Waals surface area contributed by atoms with E-state index in [1.807, 2.05) is 25.4 Å². The fourth-order valence-electron chi connectivity index (χ4n) is 4.02. The third-order valence-electron chi connectivity index (χ3n) is 5.63. The minimum Gasteiger partial charge on any atom is -0.508 e. The summed E-state index contributed by atoms with van der Waals surface area (Å²) in [7, 11) is 0. The lowest BCUT2D eigenvalue weighted by atomic mass is 9.95. The first-order valence-corrected chi connectivity index (χ1v) is 10.7. The number of aromatic hydroxyl groups is 1. The first-order chi connectivity index (χ1) is 14.5. The van der Waals surface area contributed by atoms with Crippen molar-refractivity contribution < 1.29 is 10.2 Å². The molecule has 1 aliphatic carbocycles. The zero-order valence-corrected chi connectivity index (χ0v) is 17.6. The second kappa shape index (κ2) is 8.87. The molecule has 1 aliphatic rings. The van der Waals surface area contributed by atoms with Crippen molar-refractivity contribution in [3.05, 3.63) is 35.7 Å². The van der Waals surface area contributed by atoms with Gasteiger partial charge in [-0.2, -0.15) is 9.97 Å². The number of rotatable bonds is 7. The van der Waals surface area contributed by atoms with Crippen LogP contribution < -0.4 is 10.6 Å². The lowest BCUT2D eigenvalue weighted by Gasteiger charge is -2.23. The number of aromatic nitrogens is 4. The number of nitrogens with zero attached hydrogens (tertiary/aromatic N) is 4. The average Bonchev–Trinajstić information content (AvgIpc) is 3.17. The molecular weight excluding hydrogens is 380 g/mol. The van der Waals surface area contributed by atoms with Crippen molar-refractivity contribution in [1.82, 2.24) is 19.5 Å². The second-order valence-electron chi connectivity index (χ2n) is 8.23. The van der Waals surface area contributed by atoms with Crippen LogP contribution in [0.25, 0.3) is 11.2 Å². The minimum absolute atomic E-state index is 0.249. The fourth-order valence-corrected chi connectivity index (χ4v) is 4.02. The van der Waals surface area contributed by atoms with Crippen LogP contribution in [0.5, 0.6) is 5.75 Å². The summed E-state index contributed by atoms with van der Waals surface area (Å²) in [4.78, 5) is 13.9. The van der Waals surface area contributed by atoms with Crippen LogP contribution in [0.15, 0.2) is 24.5 Å². The number of aliphatic hydroxyl groups is 1. The molecule has 1 fully saturated rings. The number of phenolic OH excluding ortho intramolecular Hbond substituents is 1. The lowest BCUT2D eigenvalue weighted by molar-refractivity contribution is 0.208. The highest BCUT2D eigenvalue weighted by Crippen LogP contribution is 2.32. The van der Waals surface area contributed by atoms with Gasteiger partial charge in [-0.05, 0) is 32.8 Å². The molecule has 4 rings (SSSR count). The number of benzene rings is 1. The molecule has 0 spiro atoms. The molecule has 0 aliphatic heterocycles. The van der Waals surface area contributed by atoms with Gasteiger partial charge in [0.2, 0.25) is 5.95 Å². The number of nitrogens with one attached hydrogen (secondary N) is 2. The quantitative estimate of drug-likeness (QED) is 0.470. The SMILES string of the molecule is Cc1ccc(O)c(CNc2nc(NCC(C)O)nc3c2ncn3C2CCCCC2)c1. The molecule has 1 unspecified atom stereocenters. The second-order valence-corrected chi connectivity index (χ2v) is 8.23.